The average molecular weight is 404 g/mol. The molecule has 29 heavy (non-hydrogen) atoms. The first-order valence-corrected chi connectivity index (χ1v) is 8.93. The van der Waals surface area contributed by atoms with Crippen LogP contribution in [0.4, 0.5) is 4.39 Å². The molecule has 0 radical (unpaired) electrons. The fraction of sp³-hybridized carbons (Fsp3) is 0.333. The highest BCUT2D eigenvalue weighted by Crippen LogP contribution is 2.23. The van der Waals surface area contributed by atoms with Gasteiger partial charge < -0.3 is 23.7 Å². The van der Waals surface area contributed by atoms with Crippen molar-refractivity contribution in [2.45, 2.75) is 18.4 Å². The van der Waals surface area contributed by atoms with Crippen molar-refractivity contribution in [3.8, 4) is 11.5 Å². The van der Waals surface area contributed by atoms with Gasteiger partial charge in [0.25, 0.3) is 0 Å². The Morgan fingerprint density at radius 2 is 1.45 bits per heavy atom. The van der Waals surface area contributed by atoms with Crippen LogP contribution in [0.2, 0.25) is 0 Å². The van der Waals surface area contributed by atoms with E-state index in [1.807, 2.05) is 0 Å². The van der Waals surface area contributed by atoms with E-state index in [2.05, 4.69) is 0 Å². The van der Waals surface area contributed by atoms with Crippen LogP contribution in [-0.2, 0) is 14.2 Å². The Balaban J connectivity index is 1.58. The van der Waals surface area contributed by atoms with Crippen molar-refractivity contribution in [2.24, 2.45) is 0 Å². The fourth-order valence-corrected chi connectivity index (χ4v) is 2.82. The second-order valence-corrected chi connectivity index (χ2v) is 6.31. The van der Waals surface area contributed by atoms with Crippen LogP contribution in [0, 0.1) is 0 Å². The molecular formula is C21H21FO7. The first-order chi connectivity index (χ1) is 14.0. The highest BCUT2D eigenvalue weighted by atomic mass is 19.1. The summed E-state index contributed by atoms with van der Waals surface area (Å²) in [5, 5.41) is 0. The average Bonchev–Trinajstić information content (AvgIpc) is 3.11. The van der Waals surface area contributed by atoms with Gasteiger partial charge in [0.1, 0.15) is 24.2 Å². The van der Waals surface area contributed by atoms with Gasteiger partial charge in [-0.2, -0.15) is 0 Å². The molecule has 0 saturated carbocycles. The van der Waals surface area contributed by atoms with Crippen LogP contribution in [0.5, 0.6) is 11.5 Å². The molecule has 2 aromatic rings. The number of ether oxygens (including phenoxy) is 5. The summed E-state index contributed by atoms with van der Waals surface area (Å²) >= 11 is 0. The highest BCUT2D eigenvalue weighted by Gasteiger charge is 2.41. The Labute approximate surface area is 167 Å². The van der Waals surface area contributed by atoms with Gasteiger partial charge in [-0.3, -0.25) is 0 Å². The van der Waals surface area contributed by atoms with Crippen molar-refractivity contribution in [3.63, 3.8) is 0 Å². The third-order valence-corrected chi connectivity index (χ3v) is 4.47. The first kappa shape index (κ1) is 20.6. The zero-order chi connectivity index (χ0) is 20.8. The summed E-state index contributed by atoms with van der Waals surface area (Å²) in [5.41, 5.74) is 0.561. The minimum atomic E-state index is -1.51. The molecule has 1 saturated heterocycles. The molecule has 0 spiro atoms. The molecule has 3 atom stereocenters. The second-order valence-electron chi connectivity index (χ2n) is 6.31. The van der Waals surface area contributed by atoms with E-state index in [0.717, 1.165) is 0 Å². The molecule has 3 rings (SSSR count). The number of methoxy groups -OCH3 is 2. The largest absolute Gasteiger partial charge is 0.497 e. The predicted molar refractivity (Wildman–Crippen MR) is 100 cm³/mol. The van der Waals surface area contributed by atoms with Crippen LogP contribution in [0.25, 0.3) is 0 Å². The fourth-order valence-electron chi connectivity index (χ4n) is 2.82. The van der Waals surface area contributed by atoms with Gasteiger partial charge in [0, 0.05) is 0 Å². The predicted octanol–water partition coefficient (Wildman–Crippen LogP) is 2.82. The van der Waals surface area contributed by atoms with Crippen molar-refractivity contribution in [3.05, 3.63) is 59.7 Å². The van der Waals surface area contributed by atoms with E-state index in [-0.39, 0.29) is 18.8 Å². The Kier molecular flexibility index (Phi) is 6.66. The molecule has 1 heterocycles. The summed E-state index contributed by atoms with van der Waals surface area (Å²) in [4.78, 5) is 24.5. The lowest BCUT2D eigenvalue weighted by molar-refractivity contribution is -0.0326. The normalized spacial score (nSPS) is 20.7. The minimum Gasteiger partial charge on any atom is -0.497 e. The smallest absolute Gasteiger partial charge is 0.338 e. The maximum Gasteiger partial charge on any atom is 0.338 e. The van der Waals surface area contributed by atoms with Gasteiger partial charge in [0.05, 0.1) is 32.0 Å². The Bertz CT molecular complexity index is 835. The second kappa shape index (κ2) is 9.38. The standard InChI is InChI=1S/C21H21FO7/c1-25-15-7-3-13(4-8-15)20(23)28-12-18-19(17(22)11-27-18)29-21(24)14-5-9-16(26-2)10-6-14/h3-10,17-19H,11-12H2,1-2H3/t17-,18?,19+/m1/s1. The van der Waals surface area contributed by atoms with Crippen molar-refractivity contribution in [2.75, 3.05) is 27.4 Å². The van der Waals surface area contributed by atoms with E-state index < -0.39 is 30.3 Å². The van der Waals surface area contributed by atoms with Crippen LogP contribution in [0.1, 0.15) is 20.7 Å². The summed E-state index contributed by atoms with van der Waals surface area (Å²) in [7, 11) is 3.03. The van der Waals surface area contributed by atoms with Crippen molar-refractivity contribution >= 4 is 11.9 Å². The van der Waals surface area contributed by atoms with Crippen LogP contribution in [0.15, 0.2) is 48.5 Å². The molecule has 154 valence electrons. The number of carbonyl (C=O) groups is 2. The van der Waals surface area contributed by atoms with Gasteiger partial charge >= 0.3 is 11.9 Å². The molecule has 1 aliphatic heterocycles. The molecule has 1 fully saturated rings. The summed E-state index contributed by atoms with van der Waals surface area (Å²) < 4.78 is 40.0. The lowest BCUT2D eigenvalue weighted by atomic mass is 10.1. The third-order valence-electron chi connectivity index (χ3n) is 4.47. The number of hydrogen-bond donors (Lipinski definition) is 0. The monoisotopic (exact) mass is 404 g/mol. The van der Waals surface area contributed by atoms with E-state index in [1.165, 1.54) is 26.4 Å². The molecule has 7 nitrogen and oxygen atoms in total. The number of esters is 2. The number of rotatable bonds is 7. The Morgan fingerprint density at radius 1 is 0.931 bits per heavy atom. The summed E-state index contributed by atoms with van der Waals surface area (Å²) in [6, 6.07) is 12.6. The molecule has 0 N–H and O–H groups in total. The van der Waals surface area contributed by atoms with E-state index in [0.29, 0.717) is 17.1 Å². The molecule has 1 aliphatic rings. The molecule has 0 aromatic heterocycles. The van der Waals surface area contributed by atoms with Gasteiger partial charge in [-0.25, -0.2) is 14.0 Å². The molecule has 0 amide bonds. The molecule has 8 heteroatoms. The highest BCUT2D eigenvalue weighted by molar-refractivity contribution is 5.90. The Hall–Kier alpha value is -3.13. The van der Waals surface area contributed by atoms with Gasteiger partial charge in [-0.1, -0.05) is 0 Å². The number of alkyl halides is 1. The van der Waals surface area contributed by atoms with E-state index >= 15 is 0 Å². The minimum absolute atomic E-state index is 0.244. The van der Waals surface area contributed by atoms with Gasteiger partial charge in [-0.15, -0.1) is 0 Å². The van der Waals surface area contributed by atoms with Gasteiger partial charge in [-0.05, 0) is 48.5 Å². The first-order valence-electron chi connectivity index (χ1n) is 8.93. The summed E-state index contributed by atoms with van der Waals surface area (Å²) in [6.45, 7) is -0.489. The summed E-state index contributed by atoms with van der Waals surface area (Å²) in [6.07, 6.45) is -3.58. The lowest BCUT2D eigenvalue weighted by Gasteiger charge is -2.20. The molecule has 0 bridgehead atoms. The van der Waals surface area contributed by atoms with Crippen LogP contribution >= 0.6 is 0 Å². The van der Waals surface area contributed by atoms with E-state index in [9.17, 15) is 14.0 Å². The van der Waals surface area contributed by atoms with Crippen molar-refractivity contribution in [1.82, 2.24) is 0 Å². The van der Waals surface area contributed by atoms with Crippen molar-refractivity contribution < 1.29 is 37.7 Å². The topological polar surface area (TPSA) is 80.3 Å². The number of carbonyl (C=O) groups excluding carboxylic acids is 2. The van der Waals surface area contributed by atoms with E-state index in [4.69, 9.17) is 23.7 Å². The zero-order valence-corrected chi connectivity index (χ0v) is 16.0. The van der Waals surface area contributed by atoms with Gasteiger partial charge in [0.2, 0.25) is 0 Å². The lowest BCUT2D eigenvalue weighted by Crippen LogP contribution is -2.36. The van der Waals surface area contributed by atoms with Crippen LogP contribution in [0.3, 0.4) is 0 Å². The quantitative estimate of drug-likeness (QED) is 0.657. The SMILES string of the molecule is COc1ccc(C(=O)OCC2OC[C@@H](F)[C@@H]2OC(=O)c2ccc(OC)cc2)cc1. The Morgan fingerprint density at radius 3 is 1.97 bits per heavy atom. The number of hydrogen-bond acceptors (Lipinski definition) is 7. The maximum atomic E-state index is 14.2. The molecule has 2 aromatic carbocycles. The zero-order valence-electron chi connectivity index (χ0n) is 16.0. The molecule has 1 unspecified atom stereocenters. The maximum absolute atomic E-state index is 14.2. The molecular weight excluding hydrogens is 383 g/mol. The van der Waals surface area contributed by atoms with Crippen LogP contribution in [-0.4, -0.2) is 57.8 Å². The van der Waals surface area contributed by atoms with Gasteiger partial charge in [0.15, 0.2) is 12.3 Å². The van der Waals surface area contributed by atoms with E-state index in [1.54, 1.807) is 36.4 Å². The van der Waals surface area contributed by atoms with Crippen molar-refractivity contribution in [1.29, 1.82) is 0 Å². The van der Waals surface area contributed by atoms with Crippen LogP contribution < -0.4 is 9.47 Å². The summed E-state index contributed by atoms with van der Waals surface area (Å²) in [5.74, 6) is -0.111. The number of halogens is 1. The number of benzene rings is 2. The third kappa shape index (κ3) is 5.03. The molecule has 0 aliphatic carbocycles.